The molecule has 0 aromatic carbocycles. The van der Waals surface area contributed by atoms with Gasteiger partial charge in [-0.3, -0.25) is 4.79 Å². The van der Waals surface area contributed by atoms with Crippen molar-refractivity contribution in [1.29, 1.82) is 0 Å². The number of rotatable bonds is 4. The monoisotopic (exact) mass is 254 g/mol. The van der Waals surface area contributed by atoms with Crippen molar-refractivity contribution in [3.8, 4) is 0 Å². The fraction of sp³-hybridized carbons (Fsp3) is 0.929. The molecule has 0 aromatic heterocycles. The maximum Gasteiger partial charge on any atom is 0.251 e. The average molecular weight is 254 g/mol. The van der Waals surface area contributed by atoms with Crippen LogP contribution in [0, 0.1) is 0 Å². The van der Waals surface area contributed by atoms with E-state index in [1.165, 1.54) is 12.8 Å². The van der Waals surface area contributed by atoms with Crippen molar-refractivity contribution in [2.45, 2.75) is 64.1 Å². The molecule has 1 amide bonds. The summed E-state index contributed by atoms with van der Waals surface area (Å²) in [5.41, 5.74) is 0. The molecule has 0 radical (unpaired) electrons. The number of hydrogen-bond donors (Lipinski definition) is 1. The zero-order valence-corrected chi connectivity index (χ0v) is 11.7. The van der Waals surface area contributed by atoms with Gasteiger partial charge in [0, 0.05) is 25.2 Å². The second kappa shape index (κ2) is 6.53. The summed E-state index contributed by atoms with van der Waals surface area (Å²) in [5.74, 6) is 0.193. The van der Waals surface area contributed by atoms with Crippen LogP contribution in [0.25, 0.3) is 0 Å². The normalized spacial score (nSPS) is 28.6. The van der Waals surface area contributed by atoms with Gasteiger partial charge in [0.2, 0.25) is 0 Å². The molecule has 2 aliphatic heterocycles. The highest BCUT2D eigenvalue weighted by Gasteiger charge is 2.30. The summed E-state index contributed by atoms with van der Waals surface area (Å²) in [5, 5.41) is 3.47. The van der Waals surface area contributed by atoms with Crippen molar-refractivity contribution in [2.24, 2.45) is 0 Å². The largest absolute Gasteiger partial charge is 0.368 e. The van der Waals surface area contributed by atoms with E-state index in [1.807, 2.05) is 4.90 Å². The summed E-state index contributed by atoms with van der Waals surface area (Å²) in [4.78, 5) is 14.5. The lowest BCUT2D eigenvalue weighted by Crippen LogP contribution is -2.49. The van der Waals surface area contributed by atoms with Crippen LogP contribution in [0.15, 0.2) is 0 Å². The molecule has 0 bridgehead atoms. The van der Waals surface area contributed by atoms with Crippen LogP contribution in [0.2, 0.25) is 0 Å². The van der Waals surface area contributed by atoms with Gasteiger partial charge in [-0.05, 0) is 52.5 Å². The van der Waals surface area contributed by atoms with E-state index in [4.69, 9.17) is 4.74 Å². The molecule has 0 spiro atoms. The van der Waals surface area contributed by atoms with Crippen molar-refractivity contribution >= 4 is 5.91 Å². The Morgan fingerprint density at radius 3 is 2.72 bits per heavy atom. The van der Waals surface area contributed by atoms with Crippen molar-refractivity contribution in [3.05, 3.63) is 0 Å². The van der Waals surface area contributed by atoms with E-state index in [1.54, 1.807) is 0 Å². The Morgan fingerprint density at radius 2 is 2.17 bits per heavy atom. The number of ether oxygens (including phenoxy) is 1. The molecule has 2 aliphatic rings. The van der Waals surface area contributed by atoms with Crippen molar-refractivity contribution in [1.82, 2.24) is 10.2 Å². The van der Waals surface area contributed by atoms with Crippen LogP contribution >= 0.6 is 0 Å². The standard InChI is InChI=1S/C14H26N2O2/c1-11(2)16(10-12-6-5-8-15-12)14(17)13-7-3-4-9-18-13/h11-13,15H,3-10H2,1-2H3. The highest BCUT2D eigenvalue weighted by atomic mass is 16.5. The molecule has 2 fully saturated rings. The van der Waals surface area contributed by atoms with E-state index in [2.05, 4.69) is 19.2 Å². The topological polar surface area (TPSA) is 41.6 Å². The SMILES string of the molecule is CC(C)N(CC1CCCN1)C(=O)C1CCCCO1. The third-order valence-electron chi connectivity index (χ3n) is 3.94. The van der Waals surface area contributed by atoms with Gasteiger partial charge in [-0.25, -0.2) is 0 Å². The molecule has 0 aliphatic carbocycles. The van der Waals surface area contributed by atoms with Crippen LogP contribution in [0.5, 0.6) is 0 Å². The summed E-state index contributed by atoms with van der Waals surface area (Å²) < 4.78 is 5.62. The van der Waals surface area contributed by atoms with Crippen molar-refractivity contribution in [3.63, 3.8) is 0 Å². The van der Waals surface area contributed by atoms with Crippen molar-refractivity contribution in [2.75, 3.05) is 19.7 Å². The zero-order chi connectivity index (χ0) is 13.0. The first-order chi connectivity index (χ1) is 8.68. The van der Waals surface area contributed by atoms with Gasteiger partial charge in [0.25, 0.3) is 5.91 Å². The zero-order valence-electron chi connectivity index (χ0n) is 11.7. The van der Waals surface area contributed by atoms with Gasteiger partial charge in [-0.2, -0.15) is 0 Å². The quantitative estimate of drug-likeness (QED) is 0.827. The summed E-state index contributed by atoms with van der Waals surface area (Å²) in [7, 11) is 0. The molecule has 104 valence electrons. The minimum absolute atomic E-state index is 0.192. The number of amides is 1. The summed E-state index contributed by atoms with van der Waals surface area (Å²) >= 11 is 0. The predicted octanol–water partition coefficient (Wildman–Crippen LogP) is 1.54. The molecular formula is C14H26N2O2. The lowest BCUT2D eigenvalue weighted by Gasteiger charge is -2.34. The predicted molar refractivity (Wildman–Crippen MR) is 71.5 cm³/mol. The van der Waals surface area contributed by atoms with Gasteiger partial charge in [0.15, 0.2) is 0 Å². The van der Waals surface area contributed by atoms with Crippen LogP contribution in [0.1, 0.15) is 46.0 Å². The van der Waals surface area contributed by atoms with Gasteiger partial charge in [-0.1, -0.05) is 0 Å². The van der Waals surface area contributed by atoms with Crippen LogP contribution in [0.4, 0.5) is 0 Å². The van der Waals surface area contributed by atoms with Gasteiger partial charge in [0.05, 0.1) is 0 Å². The van der Waals surface area contributed by atoms with E-state index >= 15 is 0 Å². The van der Waals surface area contributed by atoms with Gasteiger partial charge >= 0.3 is 0 Å². The molecule has 18 heavy (non-hydrogen) atoms. The Morgan fingerprint density at radius 1 is 1.33 bits per heavy atom. The van der Waals surface area contributed by atoms with Gasteiger partial charge in [0.1, 0.15) is 6.10 Å². The molecule has 2 heterocycles. The Bertz CT molecular complexity index is 269. The summed E-state index contributed by atoms with van der Waals surface area (Å²) in [6, 6.07) is 0.727. The maximum atomic E-state index is 12.5. The minimum atomic E-state index is -0.192. The molecule has 0 saturated carbocycles. The minimum Gasteiger partial charge on any atom is -0.368 e. The third kappa shape index (κ3) is 3.45. The number of carbonyl (C=O) groups excluding carboxylic acids is 1. The lowest BCUT2D eigenvalue weighted by molar-refractivity contribution is -0.148. The highest BCUT2D eigenvalue weighted by Crippen LogP contribution is 2.18. The van der Waals surface area contributed by atoms with E-state index in [9.17, 15) is 4.79 Å². The molecule has 2 saturated heterocycles. The highest BCUT2D eigenvalue weighted by molar-refractivity contribution is 5.81. The summed E-state index contributed by atoms with van der Waals surface area (Å²) in [6.45, 7) is 6.84. The fourth-order valence-corrected chi connectivity index (χ4v) is 2.83. The van der Waals surface area contributed by atoms with Crippen LogP contribution in [0.3, 0.4) is 0 Å². The van der Waals surface area contributed by atoms with Crippen LogP contribution in [-0.2, 0) is 9.53 Å². The maximum absolute atomic E-state index is 12.5. The first-order valence-electron chi connectivity index (χ1n) is 7.34. The van der Waals surface area contributed by atoms with E-state index in [0.29, 0.717) is 6.04 Å². The molecular weight excluding hydrogens is 228 g/mol. The Hall–Kier alpha value is -0.610. The molecule has 4 nitrogen and oxygen atoms in total. The number of carbonyl (C=O) groups is 1. The van der Waals surface area contributed by atoms with Crippen LogP contribution < -0.4 is 5.32 Å². The molecule has 0 aromatic rings. The first-order valence-corrected chi connectivity index (χ1v) is 7.34. The molecule has 2 unspecified atom stereocenters. The lowest BCUT2D eigenvalue weighted by atomic mass is 10.1. The molecule has 1 N–H and O–H groups in total. The van der Waals surface area contributed by atoms with Gasteiger partial charge in [-0.15, -0.1) is 0 Å². The number of hydrogen-bond acceptors (Lipinski definition) is 3. The number of nitrogens with zero attached hydrogens (tertiary/aromatic N) is 1. The van der Waals surface area contributed by atoms with E-state index in [-0.39, 0.29) is 18.1 Å². The molecule has 2 rings (SSSR count). The second-order valence-corrected chi connectivity index (χ2v) is 5.73. The Kier molecular flexibility index (Phi) is 5.01. The van der Waals surface area contributed by atoms with Crippen LogP contribution in [-0.4, -0.2) is 48.7 Å². The average Bonchev–Trinajstić information content (AvgIpc) is 2.89. The Balaban J connectivity index is 1.92. The van der Waals surface area contributed by atoms with E-state index < -0.39 is 0 Å². The van der Waals surface area contributed by atoms with E-state index in [0.717, 1.165) is 39.0 Å². The summed E-state index contributed by atoms with van der Waals surface area (Å²) in [6.07, 6.45) is 5.31. The molecule has 4 heteroatoms. The number of nitrogens with one attached hydrogen (secondary N) is 1. The smallest absolute Gasteiger partial charge is 0.251 e. The van der Waals surface area contributed by atoms with Gasteiger partial charge < -0.3 is 15.0 Å². The Labute approximate surface area is 110 Å². The second-order valence-electron chi connectivity index (χ2n) is 5.73. The van der Waals surface area contributed by atoms with Crippen molar-refractivity contribution < 1.29 is 9.53 Å². The third-order valence-corrected chi connectivity index (χ3v) is 3.94. The fourth-order valence-electron chi connectivity index (χ4n) is 2.83. The molecule has 2 atom stereocenters. The first kappa shape index (κ1) is 13.8.